The molecule has 0 saturated carbocycles. The van der Waals surface area contributed by atoms with Crippen LogP contribution in [0.3, 0.4) is 0 Å². The van der Waals surface area contributed by atoms with Crippen LogP contribution in [0.1, 0.15) is 27.2 Å². The molecule has 3 aromatic rings. The lowest BCUT2D eigenvalue weighted by molar-refractivity contribution is -0.122. The van der Waals surface area contributed by atoms with Gasteiger partial charge in [0.2, 0.25) is 5.91 Å². The average Bonchev–Trinajstić information content (AvgIpc) is 3.44. The Balaban J connectivity index is 1.50. The van der Waals surface area contributed by atoms with Gasteiger partial charge in [-0.15, -0.1) is 0 Å². The lowest BCUT2D eigenvalue weighted by atomic mass is 10.1. The number of thioether (sulfide) groups is 1. The summed E-state index contributed by atoms with van der Waals surface area (Å²) in [7, 11) is 4.61. The summed E-state index contributed by atoms with van der Waals surface area (Å²) in [6, 6.07) is 12.6. The van der Waals surface area contributed by atoms with E-state index in [0.29, 0.717) is 35.2 Å². The quantitative estimate of drug-likeness (QED) is 0.483. The molecule has 9 nitrogen and oxygen atoms in total. The molecule has 1 aliphatic rings. The highest BCUT2D eigenvalue weighted by Gasteiger charge is 2.26. The fraction of sp³-hybridized carbons (Fsp3) is 0.292. The number of fused-ring (bicyclic) bond motifs is 1. The van der Waals surface area contributed by atoms with Crippen molar-refractivity contribution in [3.8, 4) is 17.2 Å². The van der Waals surface area contributed by atoms with Crippen LogP contribution in [-0.2, 0) is 29.4 Å². The van der Waals surface area contributed by atoms with E-state index in [9.17, 15) is 9.59 Å². The number of ether oxygens (including phenoxy) is 3. The van der Waals surface area contributed by atoms with Gasteiger partial charge in [-0.05, 0) is 29.8 Å². The molecule has 0 fully saturated rings. The van der Waals surface area contributed by atoms with Gasteiger partial charge in [-0.3, -0.25) is 9.59 Å². The first-order chi connectivity index (χ1) is 16.5. The summed E-state index contributed by atoms with van der Waals surface area (Å²) >= 11 is 1.72. The monoisotopic (exact) mass is 482 g/mol. The van der Waals surface area contributed by atoms with Crippen LogP contribution in [0.15, 0.2) is 42.5 Å². The first kappa shape index (κ1) is 23.5. The normalized spacial score (nSPS) is 12.1. The van der Waals surface area contributed by atoms with Crippen LogP contribution in [0.5, 0.6) is 17.2 Å². The summed E-state index contributed by atoms with van der Waals surface area (Å²) in [6.45, 7) is 0.362. The second-order valence-electron chi connectivity index (χ2n) is 7.54. The van der Waals surface area contributed by atoms with Gasteiger partial charge in [0.15, 0.2) is 11.5 Å². The molecule has 0 unspecified atom stereocenters. The highest BCUT2D eigenvalue weighted by Crippen LogP contribution is 2.36. The summed E-state index contributed by atoms with van der Waals surface area (Å²) in [6.07, 6.45) is 0. The number of aromatic nitrogens is 2. The van der Waals surface area contributed by atoms with Gasteiger partial charge in [-0.1, -0.05) is 18.2 Å². The topological polar surface area (TPSA) is 104 Å². The first-order valence-corrected chi connectivity index (χ1v) is 11.8. The molecule has 0 spiro atoms. The second-order valence-corrected chi connectivity index (χ2v) is 8.53. The van der Waals surface area contributed by atoms with Crippen LogP contribution in [0, 0.1) is 0 Å². The van der Waals surface area contributed by atoms with E-state index < -0.39 is 0 Å². The van der Waals surface area contributed by atoms with Crippen LogP contribution in [0.2, 0.25) is 0 Å². The van der Waals surface area contributed by atoms with E-state index in [1.807, 2.05) is 24.3 Å². The molecule has 0 saturated heterocycles. The molecule has 0 aliphatic carbocycles. The molecular formula is C24H26N4O5S. The van der Waals surface area contributed by atoms with Crippen molar-refractivity contribution in [1.29, 1.82) is 0 Å². The SMILES string of the molecule is COc1ccc(CNC(=O)Cn2nc3c(c2NC(=O)c2cccc(OC)c2OC)CSC3)cc1. The number of benzene rings is 2. The summed E-state index contributed by atoms with van der Waals surface area (Å²) in [5, 5.41) is 10.4. The summed E-state index contributed by atoms with van der Waals surface area (Å²) in [5.74, 6) is 2.96. The molecule has 2 aromatic carbocycles. The van der Waals surface area contributed by atoms with Crippen molar-refractivity contribution in [2.24, 2.45) is 0 Å². The lowest BCUT2D eigenvalue weighted by Gasteiger charge is -2.14. The van der Waals surface area contributed by atoms with Gasteiger partial charge in [0.05, 0.1) is 32.6 Å². The molecule has 1 aromatic heterocycles. The zero-order chi connectivity index (χ0) is 24.1. The lowest BCUT2D eigenvalue weighted by Crippen LogP contribution is -2.29. The molecule has 0 bridgehead atoms. The third-order valence-electron chi connectivity index (χ3n) is 5.44. The van der Waals surface area contributed by atoms with Crippen molar-refractivity contribution in [2.75, 3.05) is 26.6 Å². The molecule has 34 heavy (non-hydrogen) atoms. The minimum Gasteiger partial charge on any atom is -0.497 e. The molecule has 0 radical (unpaired) electrons. The third kappa shape index (κ3) is 4.96. The van der Waals surface area contributed by atoms with Crippen molar-refractivity contribution < 1.29 is 23.8 Å². The van der Waals surface area contributed by atoms with E-state index in [-0.39, 0.29) is 18.4 Å². The number of carbonyl (C=O) groups excluding carboxylic acids is 2. The summed E-state index contributed by atoms with van der Waals surface area (Å²) in [5.41, 5.74) is 3.09. The number of anilines is 1. The van der Waals surface area contributed by atoms with Crippen LogP contribution >= 0.6 is 11.8 Å². The van der Waals surface area contributed by atoms with Crippen molar-refractivity contribution in [1.82, 2.24) is 15.1 Å². The fourth-order valence-corrected chi connectivity index (χ4v) is 4.73. The molecule has 0 atom stereocenters. The maximum atomic E-state index is 13.2. The predicted octanol–water partition coefficient (Wildman–Crippen LogP) is 3.22. The minimum atomic E-state index is -0.366. The number of carbonyl (C=O) groups is 2. The van der Waals surface area contributed by atoms with E-state index in [1.165, 1.54) is 14.2 Å². The zero-order valence-electron chi connectivity index (χ0n) is 19.2. The van der Waals surface area contributed by atoms with Crippen molar-refractivity contribution in [2.45, 2.75) is 24.6 Å². The van der Waals surface area contributed by atoms with E-state index in [0.717, 1.165) is 28.3 Å². The van der Waals surface area contributed by atoms with E-state index >= 15 is 0 Å². The Morgan fingerprint density at radius 3 is 2.53 bits per heavy atom. The standard InChI is InChI=1S/C24H26N4O5S/c1-31-16-9-7-15(8-10-16)11-25-21(29)12-28-23(18-13-34-14-19(18)27-28)26-24(30)17-5-4-6-20(32-2)22(17)33-3/h4-10H,11-14H2,1-3H3,(H,25,29)(H,26,30). The van der Waals surface area contributed by atoms with Crippen LogP contribution in [-0.4, -0.2) is 42.9 Å². The van der Waals surface area contributed by atoms with Crippen molar-refractivity contribution >= 4 is 29.4 Å². The Kier molecular flexibility index (Phi) is 7.27. The highest BCUT2D eigenvalue weighted by molar-refractivity contribution is 7.98. The van der Waals surface area contributed by atoms with E-state index in [2.05, 4.69) is 15.7 Å². The number of methoxy groups -OCH3 is 3. The molecular weight excluding hydrogens is 456 g/mol. The van der Waals surface area contributed by atoms with Gasteiger partial charge in [-0.25, -0.2) is 4.68 Å². The number of nitrogens with one attached hydrogen (secondary N) is 2. The van der Waals surface area contributed by atoms with Gasteiger partial charge in [-0.2, -0.15) is 16.9 Å². The van der Waals surface area contributed by atoms with E-state index in [4.69, 9.17) is 14.2 Å². The van der Waals surface area contributed by atoms with Gasteiger partial charge < -0.3 is 24.8 Å². The second kappa shape index (κ2) is 10.5. The maximum absolute atomic E-state index is 13.2. The average molecular weight is 483 g/mol. The zero-order valence-corrected chi connectivity index (χ0v) is 20.0. The molecule has 2 N–H and O–H groups in total. The van der Waals surface area contributed by atoms with Crippen molar-refractivity contribution in [3.05, 3.63) is 64.8 Å². The van der Waals surface area contributed by atoms with Crippen molar-refractivity contribution in [3.63, 3.8) is 0 Å². The third-order valence-corrected chi connectivity index (χ3v) is 6.41. The number of hydrogen-bond acceptors (Lipinski definition) is 7. The van der Waals surface area contributed by atoms with Gasteiger partial charge in [0.25, 0.3) is 5.91 Å². The Hall–Kier alpha value is -3.66. The number of amides is 2. The highest BCUT2D eigenvalue weighted by atomic mass is 32.2. The predicted molar refractivity (Wildman–Crippen MR) is 130 cm³/mol. The molecule has 4 rings (SSSR count). The van der Waals surface area contributed by atoms with Crippen LogP contribution < -0.4 is 24.8 Å². The van der Waals surface area contributed by atoms with Gasteiger partial charge >= 0.3 is 0 Å². The summed E-state index contributed by atoms with van der Waals surface area (Å²) < 4.78 is 17.4. The largest absolute Gasteiger partial charge is 0.497 e. The molecule has 2 amide bonds. The van der Waals surface area contributed by atoms with Crippen LogP contribution in [0.4, 0.5) is 5.82 Å². The Bertz CT molecular complexity index is 1190. The van der Waals surface area contributed by atoms with Gasteiger partial charge in [0, 0.05) is 23.6 Å². The Morgan fingerprint density at radius 1 is 1.03 bits per heavy atom. The first-order valence-electron chi connectivity index (χ1n) is 10.6. The summed E-state index contributed by atoms with van der Waals surface area (Å²) in [4.78, 5) is 25.8. The maximum Gasteiger partial charge on any atom is 0.260 e. The number of hydrogen-bond donors (Lipinski definition) is 2. The van der Waals surface area contributed by atoms with Gasteiger partial charge in [0.1, 0.15) is 18.1 Å². The molecule has 178 valence electrons. The molecule has 1 aliphatic heterocycles. The number of nitrogens with zero attached hydrogens (tertiary/aromatic N) is 2. The minimum absolute atomic E-state index is 0.0152. The van der Waals surface area contributed by atoms with E-state index in [1.54, 1.807) is 41.8 Å². The smallest absolute Gasteiger partial charge is 0.260 e. The molecule has 2 heterocycles. The fourth-order valence-electron chi connectivity index (χ4n) is 3.70. The molecule has 10 heteroatoms. The number of rotatable bonds is 9. The Morgan fingerprint density at radius 2 is 1.82 bits per heavy atom. The van der Waals surface area contributed by atoms with Crippen LogP contribution in [0.25, 0.3) is 0 Å². The Labute approximate surface area is 201 Å². The number of para-hydroxylation sites is 1.